The van der Waals surface area contributed by atoms with Gasteiger partial charge in [-0.25, -0.2) is 0 Å². The second kappa shape index (κ2) is 22.3. The first-order valence-corrected chi connectivity index (χ1v) is 25.3. The fraction of sp³-hybridized carbons (Fsp3) is 0.482. The molecule has 0 fully saturated rings. The summed E-state index contributed by atoms with van der Waals surface area (Å²) in [6.45, 7) is 15.8. The zero-order valence-electron chi connectivity index (χ0n) is 37.8. The molecule has 1 aliphatic heterocycles. The van der Waals surface area contributed by atoms with Gasteiger partial charge in [-0.15, -0.1) is 0 Å². The van der Waals surface area contributed by atoms with E-state index in [1.807, 2.05) is 0 Å². The predicted molar refractivity (Wildman–Crippen MR) is 274 cm³/mol. The molecule has 0 unspecified atom stereocenters. The van der Waals surface area contributed by atoms with Crippen molar-refractivity contribution in [1.82, 2.24) is 0 Å². The third kappa shape index (κ3) is 9.73. The number of anilines is 1. The molecule has 0 atom stereocenters. The van der Waals surface area contributed by atoms with Crippen LogP contribution >= 0.6 is 34.2 Å². The molecule has 0 saturated heterocycles. The lowest BCUT2D eigenvalue weighted by Gasteiger charge is -2.37. The molecule has 0 aromatic heterocycles. The first-order chi connectivity index (χ1) is 29.3. The fourth-order valence-corrected chi connectivity index (χ4v) is 11.7. The Labute approximate surface area is 382 Å². The Morgan fingerprint density at radius 2 is 1.37 bits per heavy atom. The van der Waals surface area contributed by atoms with E-state index in [-0.39, 0.29) is 10.8 Å². The normalized spacial score (nSPS) is 17.3. The van der Waals surface area contributed by atoms with Gasteiger partial charge in [-0.3, -0.25) is 4.99 Å². The molecule has 1 aliphatic carbocycles. The van der Waals surface area contributed by atoms with Gasteiger partial charge in [0.15, 0.2) is 0 Å². The SMILES string of the molecule is CCCCC1(CCCC)/C(=C/C=C2\CCCC(/C=C/C(=N\CCC)C(CCCC)(CCCC)c3c(I)ccc4ccccc34)=C2Cl)N(CCC)c2ccc3ccccc3c21. The van der Waals surface area contributed by atoms with Crippen molar-refractivity contribution < 1.29 is 0 Å². The Hall–Kier alpha value is -3.15. The van der Waals surface area contributed by atoms with Crippen LogP contribution in [0.2, 0.25) is 0 Å². The van der Waals surface area contributed by atoms with Gasteiger partial charge in [0.25, 0.3) is 0 Å². The first-order valence-electron chi connectivity index (χ1n) is 23.8. The van der Waals surface area contributed by atoms with Crippen LogP contribution in [-0.2, 0) is 10.8 Å². The van der Waals surface area contributed by atoms with Gasteiger partial charge in [-0.1, -0.05) is 177 Å². The lowest BCUT2D eigenvalue weighted by Crippen LogP contribution is -2.37. The van der Waals surface area contributed by atoms with E-state index >= 15 is 0 Å². The van der Waals surface area contributed by atoms with E-state index in [1.54, 1.807) is 5.56 Å². The van der Waals surface area contributed by atoms with Gasteiger partial charge in [0.1, 0.15) is 0 Å². The second-order valence-corrected chi connectivity index (χ2v) is 19.1. The van der Waals surface area contributed by atoms with Crippen molar-refractivity contribution in [2.24, 2.45) is 4.99 Å². The van der Waals surface area contributed by atoms with E-state index in [1.165, 1.54) is 110 Å². The van der Waals surface area contributed by atoms with Gasteiger partial charge in [-0.2, -0.15) is 0 Å². The third-order valence-corrected chi connectivity index (χ3v) is 14.8. The van der Waals surface area contributed by atoms with Crippen LogP contribution in [0, 0.1) is 3.57 Å². The van der Waals surface area contributed by atoms with E-state index in [2.05, 4.69) is 166 Å². The van der Waals surface area contributed by atoms with Crippen molar-refractivity contribution in [1.29, 1.82) is 0 Å². The van der Waals surface area contributed by atoms with Crippen molar-refractivity contribution in [3.63, 3.8) is 0 Å². The number of hydrogen-bond donors (Lipinski definition) is 0. The Morgan fingerprint density at radius 1 is 0.733 bits per heavy atom. The molecule has 2 aliphatic rings. The first kappa shape index (κ1) is 46.4. The largest absolute Gasteiger partial charge is 0.344 e. The van der Waals surface area contributed by atoms with Crippen LogP contribution < -0.4 is 4.90 Å². The van der Waals surface area contributed by atoms with Gasteiger partial charge >= 0.3 is 0 Å². The molecule has 1 heterocycles. The number of unbranched alkanes of at least 4 members (excludes halogenated alkanes) is 4. The van der Waals surface area contributed by atoms with Crippen molar-refractivity contribution in [2.75, 3.05) is 18.0 Å². The van der Waals surface area contributed by atoms with Gasteiger partial charge in [0.2, 0.25) is 0 Å². The molecule has 2 nitrogen and oxygen atoms in total. The molecule has 0 amide bonds. The number of benzene rings is 4. The second-order valence-electron chi connectivity index (χ2n) is 17.6. The lowest BCUT2D eigenvalue weighted by atomic mass is 9.67. The summed E-state index contributed by atoms with van der Waals surface area (Å²) in [5.41, 5.74) is 9.47. The maximum absolute atomic E-state index is 7.60. The summed E-state index contributed by atoms with van der Waals surface area (Å²) in [5, 5.41) is 6.40. The van der Waals surface area contributed by atoms with Crippen LogP contribution in [0.3, 0.4) is 0 Å². The highest BCUT2D eigenvalue weighted by Gasteiger charge is 2.47. The monoisotopic (exact) mass is 934 g/mol. The minimum atomic E-state index is -0.176. The van der Waals surface area contributed by atoms with Gasteiger partial charge in [-0.05, 0) is 148 Å². The van der Waals surface area contributed by atoms with Crippen LogP contribution in [0.25, 0.3) is 21.5 Å². The summed E-state index contributed by atoms with van der Waals surface area (Å²) < 4.78 is 1.34. The molecule has 0 spiro atoms. The number of hydrogen-bond acceptors (Lipinski definition) is 2. The zero-order valence-corrected chi connectivity index (χ0v) is 40.7. The van der Waals surface area contributed by atoms with E-state index < -0.39 is 0 Å². The fourth-order valence-electron chi connectivity index (χ4n) is 10.4. The predicted octanol–water partition coefficient (Wildman–Crippen LogP) is 17.7. The summed E-state index contributed by atoms with van der Waals surface area (Å²) in [6, 6.07) is 27.5. The van der Waals surface area contributed by atoms with E-state index in [0.29, 0.717) is 0 Å². The molecular formula is C56H72ClIN2. The smallest absolute Gasteiger partial charge is 0.0470 e. The standard InChI is InChI=1S/C56H72ClIN2/c1-7-13-36-55(37-14-8-2,52-46-26-19-17-22-42(46)28-32-48(52)58)50(59-40-11-5)34-30-44-24-21-25-45(54(44)57)31-35-51-56(38-15-9-3,39-16-10-4)53-47-27-20-18-23-43(47)29-33-49(53)60(51)41-12-6/h17-20,22-23,26-35H,7-16,21,24-25,36-41H2,1-6H3/b34-30+,45-31+,51-35-,59-50+. The number of aliphatic imine (C=N–C) groups is 1. The quantitative estimate of drug-likeness (QED) is 0.0600. The lowest BCUT2D eigenvalue weighted by molar-refractivity contribution is 0.407. The van der Waals surface area contributed by atoms with Crippen LogP contribution in [0.5, 0.6) is 0 Å². The highest BCUT2D eigenvalue weighted by Crippen LogP contribution is 2.56. The minimum absolute atomic E-state index is 0.0217. The van der Waals surface area contributed by atoms with E-state index in [4.69, 9.17) is 16.6 Å². The summed E-state index contributed by atoms with van der Waals surface area (Å²) in [5.74, 6) is 0. The molecule has 4 aromatic rings. The van der Waals surface area contributed by atoms with Crippen molar-refractivity contribution in [3.05, 3.63) is 134 Å². The molecule has 6 rings (SSSR count). The maximum Gasteiger partial charge on any atom is 0.0470 e. The Balaban J connectivity index is 1.48. The number of rotatable bonds is 21. The zero-order chi connectivity index (χ0) is 42.5. The maximum atomic E-state index is 7.60. The van der Waals surface area contributed by atoms with Crippen LogP contribution in [-0.4, -0.2) is 18.8 Å². The van der Waals surface area contributed by atoms with E-state index in [9.17, 15) is 0 Å². The molecule has 0 saturated carbocycles. The van der Waals surface area contributed by atoms with E-state index in [0.717, 1.165) is 75.9 Å². The topological polar surface area (TPSA) is 15.6 Å². The number of nitrogens with zero attached hydrogens (tertiary/aromatic N) is 2. The summed E-state index contributed by atoms with van der Waals surface area (Å²) in [6.07, 6.45) is 28.9. The van der Waals surface area contributed by atoms with Gasteiger partial charge < -0.3 is 4.90 Å². The Bertz CT molecular complexity index is 2200. The summed E-state index contributed by atoms with van der Waals surface area (Å²) in [4.78, 5) is 8.21. The number of halogens is 2. The Kier molecular flexibility index (Phi) is 17.2. The third-order valence-electron chi connectivity index (χ3n) is 13.4. The minimum Gasteiger partial charge on any atom is -0.344 e. The summed E-state index contributed by atoms with van der Waals surface area (Å²) in [7, 11) is 0. The molecule has 60 heavy (non-hydrogen) atoms. The average molecular weight is 936 g/mol. The molecule has 4 aromatic carbocycles. The number of fused-ring (bicyclic) bond motifs is 4. The molecule has 4 heteroatoms. The highest BCUT2D eigenvalue weighted by molar-refractivity contribution is 14.1. The van der Waals surface area contributed by atoms with Crippen LogP contribution in [0.4, 0.5) is 5.69 Å². The molecular weight excluding hydrogens is 863 g/mol. The molecule has 0 N–H and O–H groups in total. The average Bonchev–Trinajstić information content (AvgIpc) is 3.53. The van der Waals surface area contributed by atoms with Crippen molar-refractivity contribution >= 4 is 67.1 Å². The molecule has 0 bridgehead atoms. The van der Waals surface area contributed by atoms with Gasteiger partial charge in [0.05, 0.1) is 0 Å². The van der Waals surface area contributed by atoms with Crippen LogP contribution in [0.15, 0.2) is 124 Å². The van der Waals surface area contributed by atoms with Crippen molar-refractivity contribution in [2.45, 2.75) is 162 Å². The van der Waals surface area contributed by atoms with Crippen LogP contribution in [0.1, 0.15) is 162 Å². The van der Waals surface area contributed by atoms with Gasteiger partial charge in [0, 0.05) is 49.6 Å². The summed E-state index contributed by atoms with van der Waals surface area (Å²) >= 11 is 10.2. The molecule has 320 valence electrons. The number of allylic oxidation sites excluding steroid dienone is 8. The van der Waals surface area contributed by atoms with Crippen molar-refractivity contribution in [3.8, 4) is 0 Å². The Morgan fingerprint density at radius 3 is 2.02 bits per heavy atom. The highest BCUT2D eigenvalue weighted by atomic mass is 127. The molecule has 0 radical (unpaired) electrons.